The predicted molar refractivity (Wildman–Crippen MR) is 57.3 cm³/mol. The molecule has 2 N–H and O–H groups in total. The van der Waals surface area contributed by atoms with Crippen molar-refractivity contribution < 1.29 is 0 Å². The minimum Gasteiger partial charge on any atom is -0.329 e. The molecule has 0 bridgehead atoms. The van der Waals surface area contributed by atoms with Gasteiger partial charge in [0.15, 0.2) is 0 Å². The predicted octanol–water partition coefficient (Wildman–Crippen LogP) is 0.890. The summed E-state index contributed by atoms with van der Waals surface area (Å²) in [5, 5.41) is 0. The van der Waals surface area contributed by atoms with Crippen LogP contribution >= 0.6 is 0 Å². The summed E-state index contributed by atoms with van der Waals surface area (Å²) < 4.78 is 0. The zero-order valence-corrected chi connectivity index (χ0v) is 8.58. The van der Waals surface area contributed by atoms with Crippen LogP contribution in [0.5, 0.6) is 0 Å². The Hall–Kier alpha value is -0.410. The molecule has 1 aliphatic rings. The van der Waals surface area contributed by atoms with E-state index >= 15 is 0 Å². The monoisotopic (exact) mass is 183 g/mol. The molecule has 13 heavy (non-hydrogen) atoms. The first-order valence-electron chi connectivity index (χ1n) is 5.31. The van der Waals surface area contributed by atoms with E-state index in [2.05, 4.69) is 16.8 Å². The van der Waals surface area contributed by atoms with Crippen LogP contribution in [0, 0.1) is 0 Å². The normalized spacial score (nSPS) is 21.4. The van der Waals surface area contributed by atoms with Gasteiger partial charge in [0.25, 0.3) is 0 Å². The lowest BCUT2D eigenvalue weighted by Gasteiger charge is -2.29. The van der Waals surface area contributed by atoms with E-state index in [1.165, 1.54) is 25.9 Å². The SMILES string of the molecule is CCC=NC1CCN(CCN)CC1. The summed E-state index contributed by atoms with van der Waals surface area (Å²) in [7, 11) is 0. The van der Waals surface area contributed by atoms with Crippen molar-refractivity contribution in [1.82, 2.24) is 4.90 Å². The molecule has 1 saturated heterocycles. The van der Waals surface area contributed by atoms with Crippen LogP contribution in [0.15, 0.2) is 4.99 Å². The maximum atomic E-state index is 5.50. The molecule has 1 fully saturated rings. The lowest BCUT2D eigenvalue weighted by atomic mass is 10.1. The van der Waals surface area contributed by atoms with Gasteiger partial charge in [-0.05, 0) is 25.5 Å². The number of hydrogen-bond donors (Lipinski definition) is 1. The highest BCUT2D eigenvalue weighted by Gasteiger charge is 2.16. The van der Waals surface area contributed by atoms with Gasteiger partial charge in [0.2, 0.25) is 0 Å². The molecule has 0 unspecified atom stereocenters. The van der Waals surface area contributed by atoms with E-state index in [4.69, 9.17) is 5.73 Å². The molecular formula is C10H21N3. The van der Waals surface area contributed by atoms with E-state index in [1.807, 2.05) is 6.21 Å². The minimum atomic E-state index is 0.578. The third-order valence-corrected chi connectivity index (χ3v) is 2.50. The van der Waals surface area contributed by atoms with Crippen molar-refractivity contribution in [3.8, 4) is 0 Å². The molecule has 0 aromatic carbocycles. The Morgan fingerprint density at radius 1 is 1.46 bits per heavy atom. The summed E-state index contributed by atoms with van der Waals surface area (Å²) in [6, 6.07) is 0.578. The molecule has 0 radical (unpaired) electrons. The molecule has 0 amide bonds. The Morgan fingerprint density at radius 3 is 2.69 bits per heavy atom. The Morgan fingerprint density at radius 2 is 2.15 bits per heavy atom. The Balaban J connectivity index is 2.18. The number of aliphatic imine (C=N–C) groups is 1. The minimum absolute atomic E-state index is 0.578. The molecule has 0 aromatic heterocycles. The van der Waals surface area contributed by atoms with E-state index in [9.17, 15) is 0 Å². The van der Waals surface area contributed by atoms with Gasteiger partial charge < -0.3 is 10.6 Å². The Labute approximate surface area is 81.0 Å². The van der Waals surface area contributed by atoms with Gasteiger partial charge in [-0.3, -0.25) is 4.99 Å². The molecule has 0 aliphatic carbocycles. The van der Waals surface area contributed by atoms with Crippen molar-refractivity contribution >= 4 is 6.21 Å². The van der Waals surface area contributed by atoms with Crippen molar-refractivity contribution in [1.29, 1.82) is 0 Å². The van der Waals surface area contributed by atoms with Crippen molar-refractivity contribution in [3.05, 3.63) is 0 Å². The highest BCUT2D eigenvalue weighted by molar-refractivity contribution is 5.56. The number of piperidine rings is 1. The first kappa shape index (κ1) is 10.7. The van der Waals surface area contributed by atoms with Crippen molar-refractivity contribution in [2.75, 3.05) is 26.2 Å². The van der Waals surface area contributed by atoms with E-state index in [-0.39, 0.29) is 0 Å². The number of likely N-dealkylation sites (tertiary alicyclic amines) is 1. The summed E-state index contributed by atoms with van der Waals surface area (Å²) >= 11 is 0. The average molecular weight is 183 g/mol. The van der Waals surface area contributed by atoms with Gasteiger partial charge in [-0.1, -0.05) is 6.92 Å². The first-order valence-corrected chi connectivity index (χ1v) is 5.31. The molecular weight excluding hydrogens is 162 g/mol. The summed E-state index contributed by atoms with van der Waals surface area (Å²) in [4.78, 5) is 6.94. The fourth-order valence-electron chi connectivity index (χ4n) is 1.73. The van der Waals surface area contributed by atoms with Crippen LogP contribution in [0.3, 0.4) is 0 Å². The highest BCUT2D eigenvalue weighted by Crippen LogP contribution is 2.12. The Kier molecular flexibility index (Phi) is 5.01. The largest absolute Gasteiger partial charge is 0.329 e. The summed E-state index contributed by atoms with van der Waals surface area (Å²) in [5.74, 6) is 0. The molecule has 76 valence electrons. The molecule has 0 spiro atoms. The third kappa shape index (κ3) is 3.87. The second-order valence-corrected chi connectivity index (χ2v) is 3.60. The third-order valence-electron chi connectivity index (χ3n) is 2.50. The van der Waals surface area contributed by atoms with Crippen molar-refractivity contribution in [3.63, 3.8) is 0 Å². The van der Waals surface area contributed by atoms with Crippen LogP contribution in [-0.2, 0) is 0 Å². The van der Waals surface area contributed by atoms with Gasteiger partial charge >= 0.3 is 0 Å². The molecule has 3 nitrogen and oxygen atoms in total. The summed E-state index contributed by atoms with van der Waals surface area (Å²) in [6.45, 7) is 6.30. The molecule has 1 rings (SSSR count). The topological polar surface area (TPSA) is 41.6 Å². The molecule has 1 heterocycles. The lowest BCUT2D eigenvalue weighted by Crippen LogP contribution is -2.38. The van der Waals surface area contributed by atoms with E-state index < -0.39 is 0 Å². The first-order chi connectivity index (χ1) is 6.36. The van der Waals surface area contributed by atoms with Gasteiger partial charge in [-0.25, -0.2) is 0 Å². The van der Waals surface area contributed by atoms with Crippen LogP contribution < -0.4 is 5.73 Å². The van der Waals surface area contributed by atoms with Crippen LogP contribution in [0.1, 0.15) is 26.2 Å². The fraction of sp³-hybridized carbons (Fsp3) is 0.900. The summed E-state index contributed by atoms with van der Waals surface area (Å²) in [6.07, 6.45) is 5.51. The molecule has 0 atom stereocenters. The zero-order chi connectivity index (χ0) is 9.52. The Bertz CT molecular complexity index is 148. The number of nitrogens with two attached hydrogens (primary N) is 1. The van der Waals surface area contributed by atoms with Crippen LogP contribution in [0.2, 0.25) is 0 Å². The fourth-order valence-corrected chi connectivity index (χ4v) is 1.73. The van der Waals surface area contributed by atoms with Crippen LogP contribution in [-0.4, -0.2) is 43.3 Å². The number of nitrogens with zero attached hydrogens (tertiary/aromatic N) is 2. The number of hydrogen-bond acceptors (Lipinski definition) is 3. The van der Waals surface area contributed by atoms with E-state index in [0.29, 0.717) is 6.04 Å². The quantitative estimate of drug-likeness (QED) is 0.658. The van der Waals surface area contributed by atoms with Crippen molar-refractivity contribution in [2.24, 2.45) is 10.7 Å². The average Bonchev–Trinajstić information content (AvgIpc) is 2.17. The second-order valence-electron chi connectivity index (χ2n) is 3.60. The maximum Gasteiger partial charge on any atom is 0.0520 e. The maximum absolute atomic E-state index is 5.50. The van der Waals surface area contributed by atoms with Gasteiger partial charge in [-0.15, -0.1) is 0 Å². The second kappa shape index (κ2) is 6.11. The molecule has 0 saturated carbocycles. The summed E-state index contributed by atoms with van der Waals surface area (Å²) in [5.41, 5.74) is 5.50. The molecule has 0 aromatic rings. The van der Waals surface area contributed by atoms with E-state index in [0.717, 1.165) is 19.5 Å². The number of rotatable bonds is 4. The van der Waals surface area contributed by atoms with E-state index in [1.54, 1.807) is 0 Å². The molecule has 1 aliphatic heterocycles. The van der Waals surface area contributed by atoms with Gasteiger partial charge in [0.05, 0.1) is 6.04 Å². The van der Waals surface area contributed by atoms with Gasteiger partial charge in [0.1, 0.15) is 0 Å². The smallest absolute Gasteiger partial charge is 0.0520 e. The van der Waals surface area contributed by atoms with Gasteiger partial charge in [-0.2, -0.15) is 0 Å². The van der Waals surface area contributed by atoms with Crippen LogP contribution in [0.4, 0.5) is 0 Å². The highest BCUT2D eigenvalue weighted by atomic mass is 15.1. The standard InChI is InChI=1S/C10H21N3/c1-2-6-12-10-3-7-13(8-4-10)9-5-11/h6,10H,2-5,7-9,11H2,1H3. The zero-order valence-electron chi connectivity index (χ0n) is 8.58. The van der Waals surface area contributed by atoms with Crippen LogP contribution in [0.25, 0.3) is 0 Å². The van der Waals surface area contributed by atoms with Gasteiger partial charge in [0, 0.05) is 26.2 Å². The van der Waals surface area contributed by atoms with Crippen molar-refractivity contribution in [2.45, 2.75) is 32.2 Å². The lowest BCUT2D eigenvalue weighted by molar-refractivity contribution is 0.219. The molecule has 3 heteroatoms.